The quantitative estimate of drug-likeness (QED) is 0.103. The fraction of sp³-hybridized carbons (Fsp3) is 0.784. The molecule has 39 heavy (non-hydrogen) atoms. The minimum Gasteiger partial charge on any atom is -0.356 e. The Morgan fingerprint density at radius 2 is 0.872 bits per heavy atom. The van der Waals surface area contributed by atoms with Crippen molar-refractivity contribution in [2.24, 2.45) is 0 Å². The minimum atomic E-state index is 0.553. The summed E-state index contributed by atoms with van der Waals surface area (Å²) < 4.78 is 0. The third-order valence-electron chi connectivity index (χ3n) is 8.76. The van der Waals surface area contributed by atoms with E-state index in [2.05, 4.69) is 66.4 Å². The maximum absolute atomic E-state index is 2.65. The van der Waals surface area contributed by atoms with Crippen molar-refractivity contribution in [2.75, 3.05) is 6.54 Å². The van der Waals surface area contributed by atoms with Gasteiger partial charge in [0.25, 0.3) is 0 Å². The molecule has 0 N–H and O–H groups in total. The van der Waals surface area contributed by atoms with E-state index in [9.17, 15) is 0 Å². The van der Waals surface area contributed by atoms with Crippen LogP contribution in [0.2, 0.25) is 0 Å². The van der Waals surface area contributed by atoms with E-state index in [-0.39, 0.29) is 0 Å². The Hall–Kier alpha value is -1.44. The summed E-state index contributed by atoms with van der Waals surface area (Å²) in [5.74, 6) is 0. The van der Waals surface area contributed by atoms with Crippen LogP contribution in [0.3, 0.4) is 0 Å². The summed E-state index contributed by atoms with van der Waals surface area (Å²) >= 11 is 0. The monoisotopic (exact) mass is 539 g/mol. The minimum absolute atomic E-state index is 0.553. The highest BCUT2D eigenvalue weighted by molar-refractivity contribution is 5.16. The number of hydrogen-bond donors (Lipinski definition) is 0. The second-order valence-corrected chi connectivity index (χ2v) is 12.4. The van der Waals surface area contributed by atoms with E-state index in [1.807, 2.05) is 0 Å². The highest BCUT2D eigenvalue weighted by Gasteiger charge is 2.25. The van der Waals surface area contributed by atoms with Crippen LogP contribution in [0.15, 0.2) is 42.7 Å². The molecular weight excluding hydrogens is 472 g/mol. The van der Waals surface area contributed by atoms with E-state index < -0.39 is 0 Å². The number of rotatable bonds is 27. The summed E-state index contributed by atoms with van der Waals surface area (Å²) in [6.45, 7) is 6.87. The summed E-state index contributed by atoms with van der Waals surface area (Å²) in [7, 11) is 0. The molecule has 2 rings (SSSR count). The average Bonchev–Trinajstić information content (AvgIpc) is 3.33. The van der Waals surface area contributed by atoms with Crippen molar-refractivity contribution in [3.05, 3.63) is 48.3 Å². The molecule has 1 heterocycles. The van der Waals surface area contributed by atoms with Gasteiger partial charge in [-0.15, -0.1) is 0 Å². The summed E-state index contributed by atoms with van der Waals surface area (Å²) in [6.07, 6.45) is 39.4. The van der Waals surface area contributed by atoms with E-state index in [1.54, 1.807) is 0 Å². The van der Waals surface area contributed by atoms with Gasteiger partial charge in [0, 0.05) is 25.5 Å². The standard InChI is InChI=1S/C37H66N2/c1-3-5-7-9-11-12-13-14-15-16-17-18-19-20-22-27-31-37-38(32-28-23-21-10-8-6-4-2)33-34-39(37)35-36-29-25-24-26-30-36/h24-26,29-30,33-34,37H,3-23,27-28,31-32,35H2,1-2H3. The van der Waals surface area contributed by atoms with Gasteiger partial charge >= 0.3 is 0 Å². The van der Waals surface area contributed by atoms with E-state index in [0.717, 1.165) is 6.54 Å². The first-order chi connectivity index (χ1) is 19.3. The largest absolute Gasteiger partial charge is 0.356 e. The summed E-state index contributed by atoms with van der Waals surface area (Å²) in [6, 6.07) is 11.0. The van der Waals surface area contributed by atoms with E-state index in [1.165, 1.54) is 166 Å². The average molecular weight is 539 g/mol. The molecule has 2 nitrogen and oxygen atoms in total. The normalized spacial score (nSPS) is 15.1. The SMILES string of the molecule is CCCCCCCCCCCCCCCCCCC1N(CCCCCCCCC)C=CN1Cc1ccccc1. The van der Waals surface area contributed by atoms with Crippen LogP contribution in [-0.2, 0) is 6.54 Å². The zero-order valence-corrected chi connectivity index (χ0v) is 26.4. The fourth-order valence-electron chi connectivity index (χ4n) is 6.19. The highest BCUT2D eigenvalue weighted by Crippen LogP contribution is 2.25. The molecule has 224 valence electrons. The molecule has 1 aliphatic heterocycles. The van der Waals surface area contributed by atoms with Gasteiger partial charge in [0.15, 0.2) is 0 Å². The molecule has 1 aliphatic rings. The van der Waals surface area contributed by atoms with Gasteiger partial charge in [0.05, 0.1) is 0 Å². The van der Waals surface area contributed by atoms with Crippen LogP contribution in [0.25, 0.3) is 0 Å². The van der Waals surface area contributed by atoms with Crippen molar-refractivity contribution >= 4 is 0 Å². The van der Waals surface area contributed by atoms with Crippen molar-refractivity contribution in [1.29, 1.82) is 0 Å². The molecule has 0 bridgehead atoms. The van der Waals surface area contributed by atoms with Crippen molar-refractivity contribution < 1.29 is 0 Å². The molecule has 1 unspecified atom stereocenters. The Morgan fingerprint density at radius 3 is 1.36 bits per heavy atom. The number of hydrogen-bond acceptors (Lipinski definition) is 2. The Kier molecular flexibility index (Phi) is 21.1. The lowest BCUT2D eigenvalue weighted by atomic mass is 10.0. The zero-order chi connectivity index (χ0) is 27.6. The number of benzene rings is 1. The lowest BCUT2D eigenvalue weighted by Crippen LogP contribution is -2.38. The first-order valence-corrected chi connectivity index (χ1v) is 17.6. The maximum atomic E-state index is 2.65. The van der Waals surface area contributed by atoms with Crippen molar-refractivity contribution in [3.8, 4) is 0 Å². The molecule has 1 aromatic rings. The Labute approximate surface area is 245 Å². The number of unbranched alkanes of at least 4 members (excludes halogenated alkanes) is 21. The molecular formula is C37H66N2. The fourth-order valence-corrected chi connectivity index (χ4v) is 6.19. The van der Waals surface area contributed by atoms with Gasteiger partial charge in [0.2, 0.25) is 0 Å². The summed E-state index contributed by atoms with van der Waals surface area (Å²) in [5, 5.41) is 0. The van der Waals surface area contributed by atoms with Crippen molar-refractivity contribution in [2.45, 2.75) is 181 Å². The van der Waals surface area contributed by atoms with Gasteiger partial charge in [-0.2, -0.15) is 0 Å². The zero-order valence-electron chi connectivity index (χ0n) is 26.4. The Balaban J connectivity index is 1.54. The van der Waals surface area contributed by atoms with Crippen LogP contribution in [0.5, 0.6) is 0 Å². The van der Waals surface area contributed by atoms with Crippen LogP contribution in [0.1, 0.15) is 174 Å². The van der Waals surface area contributed by atoms with Crippen LogP contribution >= 0.6 is 0 Å². The van der Waals surface area contributed by atoms with Crippen LogP contribution in [0, 0.1) is 0 Å². The van der Waals surface area contributed by atoms with Gasteiger partial charge in [-0.05, 0) is 24.8 Å². The third-order valence-corrected chi connectivity index (χ3v) is 8.76. The third kappa shape index (κ3) is 17.1. The Morgan fingerprint density at radius 1 is 0.462 bits per heavy atom. The van der Waals surface area contributed by atoms with Gasteiger partial charge in [-0.25, -0.2) is 0 Å². The lowest BCUT2D eigenvalue weighted by Gasteiger charge is -2.33. The predicted molar refractivity (Wildman–Crippen MR) is 174 cm³/mol. The second-order valence-electron chi connectivity index (χ2n) is 12.4. The highest BCUT2D eigenvalue weighted by atomic mass is 15.4. The molecule has 0 saturated carbocycles. The van der Waals surface area contributed by atoms with Gasteiger partial charge in [-0.3, -0.25) is 0 Å². The van der Waals surface area contributed by atoms with E-state index in [0.29, 0.717) is 6.17 Å². The molecule has 0 spiro atoms. The van der Waals surface area contributed by atoms with E-state index >= 15 is 0 Å². The second kappa shape index (κ2) is 24.4. The molecule has 1 aromatic carbocycles. The molecule has 2 heteroatoms. The Bertz CT molecular complexity index is 669. The lowest BCUT2D eigenvalue weighted by molar-refractivity contribution is 0.132. The first-order valence-electron chi connectivity index (χ1n) is 17.6. The first kappa shape index (κ1) is 33.8. The number of nitrogens with zero attached hydrogens (tertiary/aromatic N) is 2. The molecule has 0 aliphatic carbocycles. The predicted octanol–water partition coefficient (Wildman–Crippen LogP) is 12.0. The van der Waals surface area contributed by atoms with Gasteiger partial charge < -0.3 is 9.80 Å². The van der Waals surface area contributed by atoms with Crippen LogP contribution in [0.4, 0.5) is 0 Å². The molecule has 0 radical (unpaired) electrons. The van der Waals surface area contributed by atoms with Gasteiger partial charge in [0.1, 0.15) is 6.17 Å². The van der Waals surface area contributed by atoms with Crippen LogP contribution in [-0.4, -0.2) is 22.5 Å². The van der Waals surface area contributed by atoms with Crippen LogP contribution < -0.4 is 0 Å². The molecule has 0 saturated heterocycles. The maximum Gasteiger partial charge on any atom is 0.101 e. The summed E-state index contributed by atoms with van der Waals surface area (Å²) in [5.41, 5.74) is 1.43. The molecule has 0 aromatic heterocycles. The molecule has 0 amide bonds. The topological polar surface area (TPSA) is 6.48 Å². The van der Waals surface area contributed by atoms with Crippen molar-refractivity contribution in [3.63, 3.8) is 0 Å². The van der Waals surface area contributed by atoms with Crippen molar-refractivity contribution in [1.82, 2.24) is 9.80 Å². The van der Waals surface area contributed by atoms with Gasteiger partial charge in [-0.1, -0.05) is 179 Å². The molecule has 1 atom stereocenters. The smallest absolute Gasteiger partial charge is 0.101 e. The summed E-state index contributed by atoms with van der Waals surface area (Å²) in [4.78, 5) is 5.25. The van der Waals surface area contributed by atoms with E-state index in [4.69, 9.17) is 0 Å². The molecule has 0 fully saturated rings.